The van der Waals surface area contributed by atoms with E-state index in [1.54, 1.807) is 29.4 Å². The number of carbonyl (C=O) groups excluding carboxylic acids is 1. The number of halogens is 4. The van der Waals surface area contributed by atoms with E-state index in [1.807, 2.05) is 12.1 Å². The first-order valence-electron chi connectivity index (χ1n) is 11.4. The molecule has 0 saturated carbocycles. The van der Waals surface area contributed by atoms with Crippen molar-refractivity contribution < 1.29 is 22.7 Å². The van der Waals surface area contributed by atoms with Crippen molar-refractivity contribution in [1.82, 2.24) is 9.88 Å². The Morgan fingerprint density at radius 1 is 1.11 bits per heavy atom. The Hall–Kier alpha value is -3.08. The van der Waals surface area contributed by atoms with Crippen LogP contribution in [0.25, 0.3) is 0 Å². The average Bonchev–Trinajstić information content (AvgIpc) is 3.32. The van der Waals surface area contributed by atoms with E-state index in [9.17, 15) is 18.0 Å². The van der Waals surface area contributed by atoms with Gasteiger partial charge in [-0.1, -0.05) is 0 Å². The van der Waals surface area contributed by atoms with Gasteiger partial charge in [-0.15, -0.1) is 12.4 Å². The second kappa shape index (κ2) is 11.8. The fourth-order valence-corrected chi connectivity index (χ4v) is 4.40. The number of primary amides is 1. The van der Waals surface area contributed by atoms with Crippen LogP contribution in [-0.2, 0) is 17.4 Å². The molecule has 1 aromatic carbocycles. The Morgan fingerprint density at radius 3 is 2.44 bits per heavy atom. The molecular weight excluding hydrogens is 495 g/mol. The highest BCUT2D eigenvalue weighted by molar-refractivity contribution is 5.95. The molecule has 1 unspecified atom stereocenters. The second-order valence-electron chi connectivity index (χ2n) is 8.57. The zero-order chi connectivity index (χ0) is 25.0. The minimum atomic E-state index is -4.58. The first-order valence-corrected chi connectivity index (χ1v) is 11.4. The van der Waals surface area contributed by atoms with Gasteiger partial charge < -0.3 is 21.1 Å². The number of amides is 1. The first kappa shape index (κ1) is 27.5. The molecule has 4 rings (SSSR count). The molecule has 11 heteroatoms. The van der Waals surface area contributed by atoms with Crippen molar-refractivity contribution in [2.45, 2.75) is 31.6 Å². The Morgan fingerprint density at radius 2 is 1.81 bits per heavy atom. The van der Waals surface area contributed by atoms with E-state index in [2.05, 4.69) is 9.88 Å². The highest BCUT2D eigenvalue weighted by atomic mass is 35.5. The van der Waals surface area contributed by atoms with Gasteiger partial charge in [0.2, 0.25) is 5.91 Å². The molecule has 0 aliphatic carbocycles. The third-order valence-corrected chi connectivity index (χ3v) is 6.19. The Balaban J connectivity index is 0.00000361. The van der Waals surface area contributed by atoms with Crippen LogP contribution in [0, 0.1) is 0 Å². The van der Waals surface area contributed by atoms with Gasteiger partial charge in [0.25, 0.3) is 0 Å². The standard InChI is InChI=1S/C25H28F3N5O2.ClH/c26-25(27,28)21-6-4-19(16-22(21)35-14-13-32-11-1-2-12-32)33-18(15-17-7-9-31-10-8-17)3-5-20(23(33)29)24(30)34;/h3-10,16,23H,1-2,11-15,29H2,(H2,30,34);1H. The van der Waals surface area contributed by atoms with Crippen LogP contribution in [-0.4, -0.2) is 48.2 Å². The van der Waals surface area contributed by atoms with E-state index in [1.165, 1.54) is 12.1 Å². The number of benzene rings is 1. The summed E-state index contributed by atoms with van der Waals surface area (Å²) in [6.07, 6.45) is 3.59. The topological polar surface area (TPSA) is 97.7 Å². The van der Waals surface area contributed by atoms with Crippen molar-refractivity contribution in [3.05, 3.63) is 77.3 Å². The van der Waals surface area contributed by atoms with Crippen LogP contribution in [0.4, 0.5) is 18.9 Å². The molecule has 4 N–H and O–H groups in total. The van der Waals surface area contributed by atoms with Gasteiger partial charge in [0, 0.05) is 42.8 Å². The maximum atomic E-state index is 13.7. The summed E-state index contributed by atoms with van der Waals surface area (Å²) in [6, 6.07) is 7.31. The Kier molecular flexibility index (Phi) is 8.99. The van der Waals surface area contributed by atoms with Crippen molar-refractivity contribution >= 4 is 24.0 Å². The molecule has 0 bridgehead atoms. The molecule has 194 valence electrons. The maximum Gasteiger partial charge on any atom is 0.419 e. The zero-order valence-electron chi connectivity index (χ0n) is 19.6. The number of hydrogen-bond acceptors (Lipinski definition) is 6. The molecule has 1 fully saturated rings. The number of aromatic nitrogens is 1. The summed E-state index contributed by atoms with van der Waals surface area (Å²) in [5.41, 5.74) is 13.2. The summed E-state index contributed by atoms with van der Waals surface area (Å²) in [5, 5.41) is 0. The summed E-state index contributed by atoms with van der Waals surface area (Å²) < 4.78 is 46.9. The molecule has 1 saturated heterocycles. The van der Waals surface area contributed by atoms with Crippen molar-refractivity contribution in [2.75, 3.05) is 31.1 Å². The van der Waals surface area contributed by atoms with Crippen LogP contribution in [0.5, 0.6) is 5.75 Å². The van der Waals surface area contributed by atoms with Crippen LogP contribution in [0.2, 0.25) is 0 Å². The Labute approximate surface area is 214 Å². The summed E-state index contributed by atoms with van der Waals surface area (Å²) in [6.45, 7) is 2.52. The fraction of sp³-hybridized carbons (Fsp3) is 0.360. The number of ether oxygens (including phenoxy) is 1. The Bertz CT molecular complexity index is 1120. The van der Waals surface area contributed by atoms with Crippen molar-refractivity contribution in [3.63, 3.8) is 0 Å². The van der Waals surface area contributed by atoms with Gasteiger partial charge in [-0.2, -0.15) is 13.2 Å². The monoisotopic (exact) mass is 523 g/mol. The molecule has 2 aliphatic rings. The molecule has 0 radical (unpaired) electrons. The van der Waals surface area contributed by atoms with Crippen LogP contribution < -0.4 is 21.1 Å². The summed E-state index contributed by atoms with van der Waals surface area (Å²) in [5.74, 6) is -0.976. The third kappa shape index (κ3) is 6.37. The van der Waals surface area contributed by atoms with Crippen LogP contribution in [0.15, 0.2) is 66.1 Å². The maximum absolute atomic E-state index is 13.7. The van der Waals surface area contributed by atoms with Crippen LogP contribution in [0.3, 0.4) is 0 Å². The summed E-state index contributed by atoms with van der Waals surface area (Å²) in [4.78, 5) is 19.8. The number of likely N-dealkylation sites (tertiary alicyclic amines) is 1. The van der Waals surface area contributed by atoms with E-state index in [-0.39, 0.29) is 30.3 Å². The highest BCUT2D eigenvalue weighted by Crippen LogP contribution is 2.40. The number of nitrogens with zero attached hydrogens (tertiary/aromatic N) is 3. The van der Waals surface area contributed by atoms with Gasteiger partial charge in [0.1, 0.15) is 18.5 Å². The van der Waals surface area contributed by atoms with Gasteiger partial charge in [0.05, 0.1) is 11.1 Å². The van der Waals surface area contributed by atoms with Gasteiger partial charge in [-0.25, -0.2) is 0 Å². The lowest BCUT2D eigenvalue weighted by atomic mass is 10.0. The van der Waals surface area contributed by atoms with E-state index >= 15 is 0 Å². The first-order chi connectivity index (χ1) is 16.7. The second-order valence-corrected chi connectivity index (χ2v) is 8.57. The summed E-state index contributed by atoms with van der Waals surface area (Å²) in [7, 11) is 0. The smallest absolute Gasteiger partial charge is 0.419 e. The van der Waals surface area contributed by atoms with E-state index < -0.39 is 23.8 Å². The number of rotatable bonds is 8. The molecule has 7 nitrogen and oxygen atoms in total. The van der Waals surface area contributed by atoms with Crippen LogP contribution in [0.1, 0.15) is 24.0 Å². The number of allylic oxidation sites excluding steroid dienone is 3. The predicted octanol–water partition coefficient (Wildman–Crippen LogP) is 3.64. The van der Waals surface area contributed by atoms with Crippen molar-refractivity contribution in [1.29, 1.82) is 0 Å². The summed E-state index contributed by atoms with van der Waals surface area (Å²) >= 11 is 0. The average molecular weight is 524 g/mol. The third-order valence-electron chi connectivity index (χ3n) is 6.19. The number of pyridine rings is 1. The molecule has 1 aromatic heterocycles. The molecule has 36 heavy (non-hydrogen) atoms. The van der Waals surface area contributed by atoms with Gasteiger partial charge >= 0.3 is 6.18 Å². The minimum absolute atomic E-state index is 0. The molecule has 0 spiro atoms. The van der Waals surface area contributed by atoms with E-state index in [0.29, 0.717) is 24.4 Å². The molecule has 1 atom stereocenters. The quantitative estimate of drug-likeness (QED) is 0.548. The van der Waals surface area contributed by atoms with E-state index in [0.717, 1.165) is 37.6 Å². The van der Waals surface area contributed by atoms with Gasteiger partial charge in [-0.3, -0.25) is 14.7 Å². The molecular formula is C25H29ClF3N5O2. The van der Waals surface area contributed by atoms with E-state index in [4.69, 9.17) is 16.2 Å². The lowest BCUT2D eigenvalue weighted by Crippen LogP contribution is -2.48. The lowest BCUT2D eigenvalue weighted by Gasteiger charge is -2.36. The molecule has 2 aliphatic heterocycles. The van der Waals surface area contributed by atoms with Crippen molar-refractivity contribution in [3.8, 4) is 5.75 Å². The van der Waals surface area contributed by atoms with Crippen molar-refractivity contribution in [2.24, 2.45) is 11.5 Å². The number of carbonyl (C=O) groups is 1. The minimum Gasteiger partial charge on any atom is -0.492 e. The normalized spacial score (nSPS) is 18.3. The molecule has 2 aromatic rings. The SMILES string of the molecule is Cl.NC(=O)C1=CC=C(Cc2ccncc2)N(c2ccc(C(F)(F)F)c(OCCN3CCCC3)c2)C1N. The van der Waals surface area contributed by atoms with Gasteiger partial charge in [-0.05, 0) is 67.9 Å². The largest absolute Gasteiger partial charge is 0.492 e. The predicted molar refractivity (Wildman–Crippen MR) is 134 cm³/mol. The van der Waals surface area contributed by atoms with Gasteiger partial charge in [0.15, 0.2) is 0 Å². The zero-order valence-corrected chi connectivity index (χ0v) is 20.4. The number of alkyl halides is 3. The highest BCUT2D eigenvalue weighted by Gasteiger charge is 2.36. The number of nitrogens with two attached hydrogens (primary N) is 2. The lowest BCUT2D eigenvalue weighted by molar-refractivity contribution is -0.139. The molecule has 3 heterocycles. The number of hydrogen-bond donors (Lipinski definition) is 2. The number of anilines is 1. The van der Waals surface area contributed by atoms with Crippen LogP contribution >= 0.6 is 12.4 Å². The molecule has 1 amide bonds. The fourth-order valence-electron chi connectivity index (χ4n) is 4.40.